The Morgan fingerprint density at radius 2 is 2.00 bits per heavy atom. The van der Waals surface area contributed by atoms with E-state index in [0.717, 1.165) is 12.8 Å². The van der Waals surface area contributed by atoms with Crippen LogP contribution in [0.1, 0.15) is 44.1 Å². The first-order chi connectivity index (χ1) is 9.69. The number of benzene rings is 1. The van der Waals surface area contributed by atoms with E-state index in [9.17, 15) is 4.79 Å². The molecule has 0 aromatic heterocycles. The van der Waals surface area contributed by atoms with Crippen LogP contribution in [0.4, 0.5) is 5.69 Å². The topological polar surface area (TPSA) is 64.9 Å². The lowest BCUT2D eigenvalue weighted by molar-refractivity contribution is -0.117. The predicted octanol–water partition coefficient (Wildman–Crippen LogP) is 2.81. The highest BCUT2D eigenvalue weighted by Crippen LogP contribution is 2.31. The summed E-state index contributed by atoms with van der Waals surface area (Å²) >= 11 is 0. The van der Waals surface area contributed by atoms with Crippen molar-refractivity contribution in [3.05, 3.63) is 29.8 Å². The predicted molar refractivity (Wildman–Crippen MR) is 79.3 cm³/mol. The lowest BCUT2D eigenvalue weighted by Gasteiger charge is -2.36. The number of nitriles is 1. The quantitative estimate of drug-likeness (QED) is 0.885. The van der Waals surface area contributed by atoms with Crippen molar-refractivity contribution in [2.24, 2.45) is 0 Å². The van der Waals surface area contributed by atoms with Gasteiger partial charge < -0.3 is 10.6 Å². The molecule has 1 fully saturated rings. The Morgan fingerprint density at radius 3 is 2.65 bits per heavy atom. The van der Waals surface area contributed by atoms with Crippen molar-refractivity contribution < 1.29 is 4.79 Å². The van der Waals surface area contributed by atoms with Crippen molar-refractivity contribution in [3.8, 4) is 6.07 Å². The molecule has 0 aliphatic heterocycles. The lowest BCUT2D eigenvalue weighted by atomic mass is 9.79. The van der Waals surface area contributed by atoms with Crippen LogP contribution in [0.15, 0.2) is 24.3 Å². The molecule has 2 rings (SSSR count). The van der Waals surface area contributed by atoms with Gasteiger partial charge in [0.25, 0.3) is 0 Å². The molecule has 4 heteroatoms. The highest BCUT2D eigenvalue weighted by molar-refractivity contribution is 5.92. The first-order valence-electron chi connectivity index (χ1n) is 7.17. The van der Waals surface area contributed by atoms with Crippen molar-refractivity contribution in [1.82, 2.24) is 5.32 Å². The van der Waals surface area contributed by atoms with Crippen LogP contribution in [0.25, 0.3) is 0 Å². The van der Waals surface area contributed by atoms with Gasteiger partial charge in [0.05, 0.1) is 11.3 Å². The number of nitrogens with one attached hydrogen (secondary N) is 2. The standard InChI is InChI=1S/C16H21N3O/c1-18-16(9-5-2-6-10-16)11-15(20)19-14-8-4-3-7-13(14)12-17/h3-4,7-8,18H,2,5-6,9-11H2,1H3,(H,19,20). The van der Waals surface area contributed by atoms with E-state index in [1.165, 1.54) is 19.3 Å². The molecule has 0 radical (unpaired) electrons. The van der Waals surface area contributed by atoms with Crippen LogP contribution in [0, 0.1) is 11.3 Å². The summed E-state index contributed by atoms with van der Waals surface area (Å²) in [5.41, 5.74) is 1.02. The summed E-state index contributed by atoms with van der Waals surface area (Å²) in [4.78, 5) is 12.3. The van der Waals surface area contributed by atoms with Gasteiger partial charge in [0.2, 0.25) is 5.91 Å². The van der Waals surface area contributed by atoms with Gasteiger partial charge in [-0.1, -0.05) is 31.4 Å². The van der Waals surface area contributed by atoms with E-state index in [-0.39, 0.29) is 11.4 Å². The summed E-state index contributed by atoms with van der Waals surface area (Å²) in [5, 5.41) is 15.2. The lowest BCUT2D eigenvalue weighted by Crippen LogP contribution is -2.47. The van der Waals surface area contributed by atoms with E-state index >= 15 is 0 Å². The Labute approximate surface area is 120 Å². The summed E-state index contributed by atoms with van der Waals surface area (Å²) in [6.45, 7) is 0. The second-order valence-corrected chi connectivity index (χ2v) is 5.47. The zero-order chi connectivity index (χ0) is 14.4. The molecule has 1 aromatic carbocycles. The number of hydrogen-bond donors (Lipinski definition) is 2. The summed E-state index contributed by atoms with van der Waals surface area (Å²) in [7, 11) is 1.93. The largest absolute Gasteiger partial charge is 0.325 e. The number of anilines is 1. The van der Waals surface area contributed by atoms with Gasteiger partial charge in [-0.05, 0) is 32.0 Å². The molecule has 0 spiro atoms. The van der Waals surface area contributed by atoms with Gasteiger partial charge in [-0.15, -0.1) is 0 Å². The molecule has 1 amide bonds. The normalized spacial score (nSPS) is 17.2. The van der Waals surface area contributed by atoms with Gasteiger partial charge in [0.15, 0.2) is 0 Å². The molecular weight excluding hydrogens is 250 g/mol. The molecule has 2 N–H and O–H groups in total. The minimum Gasteiger partial charge on any atom is -0.325 e. The van der Waals surface area contributed by atoms with Crippen molar-refractivity contribution in [2.45, 2.75) is 44.1 Å². The molecule has 1 saturated carbocycles. The van der Waals surface area contributed by atoms with Gasteiger partial charge in [-0.2, -0.15) is 5.26 Å². The molecule has 0 saturated heterocycles. The van der Waals surface area contributed by atoms with Gasteiger partial charge in [0.1, 0.15) is 6.07 Å². The molecule has 0 atom stereocenters. The third kappa shape index (κ3) is 3.37. The van der Waals surface area contributed by atoms with E-state index in [0.29, 0.717) is 17.7 Å². The number of para-hydroxylation sites is 1. The van der Waals surface area contributed by atoms with E-state index in [1.54, 1.807) is 18.2 Å². The Kier molecular flexibility index (Phi) is 4.75. The maximum atomic E-state index is 12.3. The smallest absolute Gasteiger partial charge is 0.226 e. The second kappa shape index (κ2) is 6.53. The Morgan fingerprint density at radius 1 is 1.30 bits per heavy atom. The minimum atomic E-state index is -0.0794. The fourth-order valence-electron chi connectivity index (χ4n) is 2.94. The van der Waals surface area contributed by atoms with Crippen molar-refractivity contribution in [3.63, 3.8) is 0 Å². The molecule has 0 unspecified atom stereocenters. The molecule has 1 aromatic rings. The van der Waals surface area contributed by atoms with Gasteiger partial charge in [-0.25, -0.2) is 0 Å². The number of hydrogen-bond acceptors (Lipinski definition) is 3. The molecule has 106 valence electrons. The van der Waals surface area contributed by atoms with Crippen LogP contribution in [0.2, 0.25) is 0 Å². The minimum absolute atomic E-state index is 0.0241. The molecule has 4 nitrogen and oxygen atoms in total. The van der Waals surface area contributed by atoms with E-state index < -0.39 is 0 Å². The third-order valence-electron chi connectivity index (χ3n) is 4.16. The SMILES string of the molecule is CNC1(CC(=O)Nc2ccccc2C#N)CCCCC1. The number of amides is 1. The number of carbonyl (C=O) groups is 1. The number of carbonyl (C=O) groups excluding carboxylic acids is 1. The third-order valence-corrected chi connectivity index (χ3v) is 4.16. The molecule has 0 bridgehead atoms. The molecule has 1 aliphatic rings. The maximum Gasteiger partial charge on any atom is 0.226 e. The number of nitrogens with zero attached hydrogens (tertiary/aromatic N) is 1. The van der Waals surface area contributed by atoms with E-state index in [4.69, 9.17) is 5.26 Å². The average Bonchev–Trinajstić information content (AvgIpc) is 2.48. The van der Waals surface area contributed by atoms with Gasteiger partial charge in [0, 0.05) is 12.0 Å². The molecule has 0 heterocycles. The fourth-order valence-corrected chi connectivity index (χ4v) is 2.94. The average molecular weight is 271 g/mol. The summed E-state index contributed by atoms with van der Waals surface area (Å²) < 4.78 is 0. The van der Waals surface area contributed by atoms with Crippen molar-refractivity contribution >= 4 is 11.6 Å². The number of rotatable bonds is 4. The van der Waals surface area contributed by atoms with Gasteiger partial charge in [-0.3, -0.25) is 4.79 Å². The van der Waals surface area contributed by atoms with Crippen LogP contribution in [0.3, 0.4) is 0 Å². The Bertz CT molecular complexity index is 513. The molecule has 20 heavy (non-hydrogen) atoms. The van der Waals surface area contributed by atoms with Gasteiger partial charge >= 0.3 is 0 Å². The Balaban J connectivity index is 2.03. The molecular formula is C16H21N3O. The van der Waals surface area contributed by atoms with Crippen LogP contribution in [-0.4, -0.2) is 18.5 Å². The van der Waals surface area contributed by atoms with Crippen LogP contribution >= 0.6 is 0 Å². The highest BCUT2D eigenvalue weighted by atomic mass is 16.1. The zero-order valence-electron chi connectivity index (χ0n) is 11.9. The fraction of sp³-hybridized carbons (Fsp3) is 0.500. The maximum absolute atomic E-state index is 12.3. The first-order valence-corrected chi connectivity index (χ1v) is 7.17. The Hall–Kier alpha value is -1.86. The van der Waals surface area contributed by atoms with Crippen LogP contribution < -0.4 is 10.6 Å². The summed E-state index contributed by atoms with van der Waals surface area (Å²) in [6, 6.07) is 9.20. The summed E-state index contributed by atoms with van der Waals surface area (Å²) in [6.07, 6.45) is 6.13. The van der Waals surface area contributed by atoms with Crippen molar-refractivity contribution in [2.75, 3.05) is 12.4 Å². The second-order valence-electron chi connectivity index (χ2n) is 5.47. The van der Waals surface area contributed by atoms with Crippen molar-refractivity contribution in [1.29, 1.82) is 5.26 Å². The molecule has 1 aliphatic carbocycles. The zero-order valence-corrected chi connectivity index (χ0v) is 11.9. The summed E-state index contributed by atoms with van der Waals surface area (Å²) in [5.74, 6) is -0.0241. The first kappa shape index (κ1) is 14.5. The monoisotopic (exact) mass is 271 g/mol. The van der Waals surface area contributed by atoms with E-state index in [1.807, 2.05) is 13.1 Å². The van der Waals surface area contributed by atoms with E-state index in [2.05, 4.69) is 16.7 Å². The van der Waals surface area contributed by atoms with Crippen LogP contribution in [0.5, 0.6) is 0 Å². The van der Waals surface area contributed by atoms with Crippen LogP contribution in [-0.2, 0) is 4.79 Å². The highest BCUT2D eigenvalue weighted by Gasteiger charge is 2.32.